The number of thioether (sulfide) groups is 2. The van der Waals surface area contributed by atoms with Gasteiger partial charge in [0.25, 0.3) is 0 Å². The van der Waals surface area contributed by atoms with E-state index in [0.717, 1.165) is 21.9 Å². The summed E-state index contributed by atoms with van der Waals surface area (Å²) in [6, 6.07) is 7.57. The summed E-state index contributed by atoms with van der Waals surface area (Å²) in [5.74, 6) is -2.56. The molecule has 182 valence electrons. The highest BCUT2D eigenvalue weighted by Gasteiger charge is 2.31. The standard InChI is InChI=1S/C24H26O8S2/c1-3-19(25)29-13-7-9-15-31-22(27)21(24-33-17-11-5-6-12-18(17)34-24)23(28)32-16-10-8-14-30-20(26)4-2/h3-6,11-12H,1-2,7-10,13-16H2. The number of hydrogen-bond acceptors (Lipinski definition) is 10. The van der Waals surface area contributed by atoms with Gasteiger partial charge < -0.3 is 18.9 Å². The molecule has 2 rings (SSSR count). The highest BCUT2D eigenvalue weighted by atomic mass is 32.2. The Morgan fingerprint density at radius 3 is 1.44 bits per heavy atom. The maximum Gasteiger partial charge on any atom is 0.347 e. The second-order valence-electron chi connectivity index (χ2n) is 6.74. The summed E-state index contributed by atoms with van der Waals surface area (Å²) in [6.07, 6.45) is 4.05. The fourth-order valence-electron chi connectivity index (χ4n) is 2.54. The molecule has 0 saturated heterocycles. The molecule has 0 aliphatic carbocycles. The molecule has 0 amide bonds. The van der Waals surface area contributed by atoms with Crippen molar-refractivity contribution in [3.05, 3.63) is 59.4 Å². The average Bonchev–Trinajstić information content (AvgIpc) is 3.26. The fraction of sp³-hybridized carbons (Fsp3) is 0.333. The lowest BCUT2D eigenvalue weighted by Crippen LogP contribution is -2.20. The van der Waals surface area contributed by atoms with Crippen LogP contribution >= 0.6 is 23.5 Å². The predicted molar refractivity (Wildman–Crippen MR) is 128 cm³/mol. The van der Waals surface area contributed by atoms with Crippen LogP contribution in [0.3, 0.4) is 0 Å². The van der Waals surface area contributed by atoms with Crippen LogP contribution in [0.4, 0.5) is 0 Å². The molecular formula is C24H26O8S2. The normalized spacial score (nSPS) is 11.7. The SMILES string of the molecule is C=CC(=O)OCCCCOC(=O)C(C(=O)OCCCCOC(=O)C=C)=C1Sc2ccccc2S1. The van der Waals surface area contributed by atoms with Gasteiger partial charge in [0.15, 0.2) is 5.57 Å². The molecule has 1 aliphatic heterocycles. The van der Waals surface area contributed by atoms with Crippen molar-refractivity contribution in [3.8, 4) is 0 Å². The zero-order chi connectivity index (χ0) is 24.8. The summed E-state index contributed by atoms with van der Waals surface area (Å²) in [4.78, 5) is 49.5. The lowest BCUT2D eigenvalue weighted by Gasteiger charge is -2.11. The van der Waals surface area contributed by atoms with E-state index in [2.05, 4.69) is 13.2 Å². The Hall–Kier alpha value is -2.98. The van der Waals surface area contributed by atoms with Gasteiger partial charge in [-0.05, 0) is 37.8 Å². The molecule has 0 aromatic heterocycles. The number of unbranched alkanes of at least 4 members (excludes halogenated alkanes) is 2. The average molecular weight is 507 g/mol. The molecule has 1 aromatic rings. The number of carbonyl (C=O) groups is 4. The molecule has 0 unspecified atom stereocenters. The van der Waals surface area contributed by atoms with Crippen LogP contribution in [-0.2, 0) is 38.1 Å². The van der Waals surface area contributed by atoms with Crippen LogP contribution in [0.25, 0.3) is 0 Å². The maximum atomic E-state index is 12.8. The molecule has 10 heteroatoms. The number of esters is 4. The van der Waals surface area contributed by atoms with E-state index in [4.69, 9.17) is 18.9 Å². The van der Waals surface area contributed by atoms with Crippen molar-refractivity contribution in [2.24, 2.45) is 0 Å². The molecule has 0 fully saturated rings. The Kier molecular flexibility index (Phi) is 12.0. The van der Waals surface area contributed by atoms with Gasteiger partial charge >= 0.3 is 23.9 Å². The predicted octanol–water partition coefficient (Wildman–Crippen LogP) is 4.20. The lowest BCUT2D eigenvalue weighted by atomic mass is 10.3. The van der Waals surface area contributed by atoms with Crippen LogP contribution in [-0.4, -0.2) is 50.3 Å². The Labute approximate surface area is 206 Å². The Bertz CT molecular complexity index is 881. The number of hydrogen-bond donors (Lipinski definition) is 0. The third-order valence-electron chi connectivity index (χ3n) is 4.23. The van der Waals surface area contributed by atoms with E-state index in [1.807, 2.05) is 24.3 Å². The lowest BCUT2D eigenvalue weighted by molar-refractivity contribution is -0.148. The molecule has 34 heavy (non-hydrogen) atoms. The second kappa shape index (κ2) is 15.0. The van der Waals surface area contributed by atoms with E-state index in [9.17, 15) is 19.2 Å². The first kappa shape index (κ1) is 27.3. The van der Waals surface area contributed by atoms with Crippen molar-refractivity contribution in [1.82, 2.24) is 0 Å². The number of fused-ring (bicyclic) bond motifs is 1. The van der Waals surface area contributed by atoms with E-state index in [0.29, 0.717) is 29.9 Å². The number of carbonyl (C=O) groups excluding carboxylic acids is 4. The zero-order valence-corrected chi connectivity index (χ0v) is 20.3. The van der Waals surface area contributed by atoms with E-state index in [-0.39, 0.29) is 32.0 Å². The maximum absolute atomic E-state index is 12.8. The third kappa shape index (κ3) is 9.11. The van der Waals surface area contributed by atoms with Crippen molar-refractivity contribution >= 4 is 47.4 Å². The molecule has 0 atom stereocenters. The summed E-state index contributed by atoms with van der Waals surface area (Å²) in [5, 5.41) is 0. The molecule has 0 bridgehead atoms. The van der Waals surface area contributed by atoms with Crippen molar-refractivity contribution in [3.63, 3.8) is 0 Å². The van der Waals surface area contributed by atoms with Gasteiger partial charge in [-0.25, -0.2) is 19.2 Å². The van der Waals surface area contributed by atoms with E-state index < -0.39 is 23.9 Å². The van der Waals surface area contributed by atoms with Gasteiger partial charge in [0.05, 0.1) is 30.7 Å². The Balaban J connectivity index is 1.91. The van der Waals surface area contributed by atoms with Crippen LogP contribution in [0, 0.1) is 0 Å². The number of ether oxygens (including phenoxy) is 4. The van der Waals surface area contributed by atoms with Gasteiger partial charge in [-0.1, -0.05) is 48.8 Å². The topological polar surface area (TPSA) is 105 Å². The second-order valence-corrected chi connectivity index (χ2v) is 9.11. The van der Waals surface area contributed by atoms with Gasteiger partial charge in [-0.15, -0.1) is 0 Å². The molecule has 0 spiro atoms. The van der Waals surface area contributed by atoms with Crippen molar-refractivity contribution < 1.29 is 38.1 Å². The highest BCUT2D eigenvalue weighted by molar-refractivity contribution is 8.24. The Morgan fingerprint density at radius 1 is 0.676 bits per heavy atom. The monoisotopic (exact) mass is 506 g/mol. The van der Waals surface area contributed by atoms with E-state index in [1.165, 1.54) is 23.5 Å². The quantitative estimate of drug-likeness (QED) is 0.0910. The Morgan fingerprint density at radius 2 is 1.06 bits per heavy atom. The van der Waals surface area contributed by atoms with Crippen LogP contribution < -0.4 is 0 Å². The zero-order valence-electron chi connectivity index (χ0n) is 18.6. The first-order valence-electron chi connectivity index (χ1n) is 10.6. The summed E-state index contributed by atoms with van der Waals surface area (Å²) in [6.45, 7) is 7.11. The van der Waals surface area contributed by atoms with Gasteiger partial charge in [-0.3, -0.25) is 0 Å². The largest absolute Gasteiger partial charge is 0.463 e. The molecule has 8 nitrogen and oxygen atoms in total. The molecule has 0 saturated carbocycles. The van der Waals surface area contributed by atoms with Gasteiger partial charge in [-0.2, -0.15) is 0 Å². The minimum atomic E-state index is -0.768. The highest BCUT2D eigenvalue weighted by Crippen LogP contribution is 2.52. The number of rotatable bonds is 14. The van der Waals surface area contributed by atoms with Crippen molar-refractivity contribution in [2.45, 2.75) is 35.5 Å². The minimum absolute atomic E-state index is 0.0610. The van der Waals surface area contributed by atoms with Crippen LogP contribution in [0.2, 0.25) is 0 Å². The fourth-order valence-corrected chi connectivity index (χ4v) is 5.06. The van der Waals surface area contributed by atoms with E-state index in [1.54, 1.807) is 0 Å². The summed E-state index contributed by atoms with van der Waals surface area (Å²) >= 11 is 2.63. The molecular weight excluding hydrogens is 480 g/mol. The smallest absolute Gasteiger partial charge is 0.347 e. The number of benzene rings is 1. The molecule has 1 aromatic carbocycles. The van der Waals surface area contributed by atoms with Gasteiger partial charge in [0, 0.05) is 21.9 Å². The first-order valence-corrected chi connectivity index (χ1v) is 12.2. The molecule has 0 N–H and O–H groups in total. The van der Waals surface area contributed by atoms with Gasteiger partial charge in [0.1, 0.15) is 0 Å². The van der Waals surface area contributed by atoms with Crippen LogP contribution in [0.5, 0.6) is 0 Å². The van der Waals surface area contributed by atoms with Crippen LogP contribution in [0.15, 0.2) is 69.2 Å². The summed E-state index contributed by atoms with van der Waals surface area (Å²) < 4.78 is 20.8. The first-order chi connectivity index (χ1) is 16.5. The summed E-state index contributed by atoms with van der Waals surface area (Å²) in [5.41, 5.74) is -0.151. The molecule has 1 aliphatic rings. The van der Waals surface area contributed by atoms with Crippen molar-refractivity contribution in [2.75, 3.05) is 26.4 Å². The summed E-state index contributed by atoms with van der Waals surface area (Å²) in [7, 11) is 0. The minimum Gasteiger partial charge on any atom is -0.463 e. The van der Waals surface area contributed by atoms with Crippen molar-refractivity contribution in [1.29, 1.82) is 0 Å². The van der Waals surface area contributed by atoms with Crippen LogP contribution in [0.1, 0.15) is 25.7 Å². The third-order valence-corrected chi connectivity index (χ3v) is 6.79. The molecule has 1 heterocycles. The van der Waals surface area contributed by atoms with Gasteiger partial charge in [0.2, 0.25) is 0 Å². The van der Waals surface area contributed by atoms with E-state index >= 15 is 0 Å². The molecule has 0 radical (unpaired) electrons.